The van der Waals surface area contributed by atoms with E-state index in [1.165, 1.54) is 4.90 Å². The Morgan fingerprint density at radius 2 is 2.21 bits per heavy atom. The molecule has 2 aromatic rings. The molecule has 0 fully saturated rings. The first kappa shape index (κ1) is 9.04. The summed E-state index contributed by atoms with van der Waals surface area (Å²) in [6.07, 6.45) is 3.64. The minimum atomic E-state index is 0.606. The van der Waals surface area contributed by atoms with Gasteiger partial charge in [-0.05, 0) is 24.5 Å². The van der Waals surface area contributed by atoms with Crippen molar-refractivity contribution in [3.63, 3.8) is 0 Å². The van der Waals surface area contributed by atoms with Crippen LogP contribution < -0.4 is 0 Å². The van der Waals surface area contributed by atoms with Crippen molar-refractivity contribution in [2.24, 2.45) is 0 Å². The van der Waals surface area contributed by atoms with Gasteiger partial charge in [-0.1, -0.05) is 6.07 Å². The SMILES string of the molecule is CSc1ccc2cc(C#N)cnc2c1. The van der Waals surface area contributed by atoms with Gasteiger partial charge in [-0.3, -0.25) is 4.98 Å². The molecule has 0 saturated carbocycles. The van der Waals surface area contributed by atoms with Gasteiger partial charge in [0.05, 0.1) is 11.1 Å². The van der Waals surface area contributed by atoms with Crippen LogP contribution in [-0.4, -0.2) is 11.2 Å². The minimum Gasteiger partial charge on any atom is -0.255 e. The number of nitriles is 1. The lowest BCUT2D eigenvalue weighted by molar-refractivity contribution is 1.35. The van der Waals surface area contributed by atoms with Gasteiger partial charge in [0.1, 0.15) is 6.07 Å². The molecule has 0 amide bonds. The second-order valence-electron chi connectivity index (χ2n) is 2.89. The van der Waals surface area contributed by atoms with E-state index in [2.05, 4.69) is 11.1 Å². The van der Waals surface area contributed by atoms with Crippen LogP contribution in [0.15, 0.2) is 35.4 Å². The number of thioether (sulfide) groups is 1. The first-order valence-electron chi connectivity index (χ1n) is 4.17. The van der Waals surface area contributed by atoms with E-state index in [-0.39, 0.29) is 0 Å². The van der Waals surface area contributed by atoms with Gasteiger partial charge in [-0.15, -0.1) is 11.8 Å². The third-order valence-electron chi connectivity index (χ3n) is 2.02. The minimum absolute atomic E-state index is 0.606. The van der Waals surface area contributed by atoms with Crippen LogP contribution in [0.1, 0.15) is 5.56 Å². The predicted octanol–water partition coefficient (Wildman–Crippen LogP) is 2.83. The normalized spacial score (nSPS) is 10.0. The smallest absolute Gasteiger partial charge is 0.101 e. The zero-order chi connectivity index (χ0) is 9.97. The van der Waals surface area contributed by atoms with Crippen LogP contribution in [0.4, 0.5) is 0 Å². The largest absolute Gasteiger partial charge is 0.255 e. The third-order valence-corrected chi connectivity index (χ3v) is 2.75. The molecule has 0 atom stereocenters. The lowest BCUT2D eigenvalue weighted by Crippen LogP contribution is -1.82. The van der Waals surface area contributed by atoms with Crippen molar-refractivity contribution in [2.75, 3.05) is 6.26 Å². The summed E-state index contributed by atoms with van der Waals surface area (Å²) < 4.78 is 0. The molecule has 0 radical (unpaired) electrons. The van der Waals surface area contributed by atoms with Crippen LogP contribution in [0.2, 0.25) is 0 Å². The Kier molecular flexibility index (Phi) is 2.38. The number of hydrogen-bond acceptors (Lipinski definition) is 3. The Balaban J connectivity index is 2.64. The Bertz CT molecular complexity index is 514. The second kappa shape index (κ2) is 3.69. The van der Waals surface area contributed by atoms with Crippen LogP contribution >= 0.6 is 11.8 Å². The quantitative estimate of drug-likeness (QED) is 0.664. The highest BCUT2D eigenvalue weighted by molar-refractivity contribution is 7.98. The van der Waals surface area contributed by atoms with E-state index < -0.39 is 0 Å². The van der Waals surface area contributed by atoms with Crippen LogP contribution in [0.3, 0.4) is 0 Å². The molecular formula is C11H8N2S. The molecule has 3 heteroatoms. The summed E-state index contributed by atoms with van der Waals surface area (Å²) in [7, 11) is 0. The van der Waals surface area contributed by atoms with Gasteiger partial charge in [0.2, 0.25) is 0 Å². The van der Waals surface area contributed by atoms with E-state index in [0.29, 0.717) is 5.56 Å². The van der Waals surface area contributed by atoms with E-state index in [1.54, 1.807) is 18.0 Å². The van der Waals surface area contributed by atoms with E-state index >= 15 is 0 Å². The van der Waals surface area contributed by atoms with Crippen molar-refractivity contribution < 1.29 is 0 Å². The fourth-order valence-electron chi connectivity index (χ4n) is 1.29. The van der Waals surface area contributed by atoms with E-state index in [0.717, 1.165) is 10.9 Å². The van der Waals surface area contributed by atoms with Crippen LogP contribution in [0, 0.1) is 11.3 Å². The zero-order valence-corrected chi connectivity index (χ0v) is 8.51. The molecule has 2 rings (SSSR count). The molecule has 0 aliphatic carbocycles. The van der Waals surface area contributed by atoms with Crippen LogP contribution in [0.25, 0.3) is 10.9 Å². The number of aromatic nitrogens is 1. The topological polar surface area (TPSA) is 36.7 Å². The van der Waals surface area contributed by atoms with Crippen LogP contribution in [-0.2, 0) is 0 Å². The molecule has 0 N–H and O–H groups in total. The Morgan fingerprint density at radius 3 is 2.93 bits per heavy atom. The van der Waals surface area contributed by atoms with E-state index in [1.807, 2.05) is 30.5 Å². The number of hydrogen-bond donors (Lipinski definition) is 0. The molecule has 1 aromatic heterocycles. The van der Waals surface area contributed by atoms with Crippen molar-refractivity contribution in [3.8, 4) is 6.07 Å². The molecule has 0 bridgehead atoms. The first-order valence-corrected chi connectivity index (χ1v) is 5.40. The highest BCUT2D eigenvalue weighted by Gasteiger charge is 1.98. The molecule has 1 heterocycles. The van der Waals surface area contributed by atoms with Crippen molar-refractivity contribution in [2.45, 2.75) is 4.90 Å². The number of nitrogens with zero attached hydrogens (tertiary/aromatic N) is 2. The van der Waals surface area contributed by atoms with Gasteiger partial charge in [-0.25, -0.2) is 0 Å². The first-order chi connectivity index (χ1) is 6.83. The van der Waals surface area contributed by atoms with Crippen LogP contribution in [0.5, 0.6) is 0 Å². The number of fused-ring (bicyclic) bond motifs is 1. The molecule has 68 valence electrons. The molecule has 2 nitrogen and oxygen atoms in total. The number of rotatable bonds is 1. The fraction of sp³-hybridized carbons (Fsp3) is 0.0909. The average molecular weight is 200 g/mol. The van der Waals surface area contributed by atoms with Gasteiger partial charge in [-0.2, -0.15) is 5.26 Å². The maximum absolute atomic E-state index is 8.70. The zero-order valence-electron chi connectivity index (χ0n) is 7.69. The molecule has 0 unspecified atom stereocenters. The Hall–Kier alpha value is -1.53. The standard InChI is InChI=1S/C11H8N2S/c1-14-10-3-2-9-4-8(6-12)7-13-11(9)5-10/h2-5,7H,1H3. The van der Waals surface area contributed by atoms with Gasteiger partial charge >= 0.3 is 0 Å². The maximum atomic E-state index is 8.70. The summed E-state index contributed by atoms with van der Waals surface area (Å²) in [4.78, 5) is 5.41. The summed E-state index contributed by atoms with van der Waals surface area (Å²) in [5.41, 5.74) is 1.55. The van der Waals surface area contributed by atoms with Gasteiger partial charge in [0.25, 0.3) is 0 Å². The summed E-state index contributed by atoms with van der Waals surface area (Å²) in [6, 6.07) is 10.00. The average Bonchev–Trinajstić information content (AvgIpc) is 2.27. The van der Waals surface area contributed by atoms with Gasteiger partial charge < -0.3 is 0 Å². The number of pyridine rings is 1. The summed E-state index contributed by atoms with van der Waals surface area (Å²) in [5.74, 6) is 0. The molecule has 0 spiro atoms. The predicted molar refractivity (Wildman–Crippen MR) is 58.2 cm³/mol. The summed E-state index contributed by atoms with van der Waals surface area (Å²) in [5, 5.41) is 9.72. The fourth-order valence-corrected chi connectivity index (χ4v) is 1.72. The van der Waals surface area contributed by atoms with E-state index in [9.17, 15) is 0 Å². The maximum Gasteiger partial charge on any atom is 0.101 e. The molecule has 0 aliphatic heterocycles. The van der Waals surface area contributed by atoms with Crippen molar-refractivity contribution >= 4 is 22.7 Å². The monoisotopic (exact) mass is 200 g/mol. The molecule has 0 aliphatic rings. The lowest BCUT2D eigenvalue weighted by atomic mass is 10.2. The Morgan fingerprint density at radius 1 is 1.36 bits per heavy atom. The van der Waals surface area contributed by atoms with Crippen molar-refractivity contribution in [3.05, 3.63) is 36.0 Å². The second-order valence-corrected chi connectivity index (χ2v) is 3.77. The van der Waals surface area contributed by atoms with Gasteiger partial charge in [0.15, 0.2) is 0 Å². The Labute approximate surface area is 86.6 Å². The van der Waals surface area contributed by atoms with E-state index in [4.69, 9.17) is 5.26 Å². The number of benzene rings is 1. The van der Waals surface area contributed by atoms with Crippen molar-refractivity contribution in [1.29, 1.82) is 5.26 Å². The lowest BCUT2D eigenvalue weighted by Gasteiger charge is -1.99. The highest BCUT2D eigenvalue weighted by Crippen LogP contribution is 2.20. The highest BCUT2D eigenvalue weighted by atomic mass is 32.2. The summed E-state index contributed by atoms with van der Waals surface area (Å²) >= 11 is 1.69. The molecule has 1 aromatic carbocycles. The third kappa shape index (κ3) is 1.57. The molecular weight excluding hydrogens is 192 g/mol. The van der Waals surface area contributed by atoms with Gasteiger partial charge in [0, 0.05) is 16.5 Å². The van der Waals surface area contributed by atoms with Crippen molar-refractivity contribution in [1.82, 2.24) is 4.98 Å². The molecule has 14 heavy (non-hydrogen) atoms. The summed E-state index contributed by atoms with van der Waals surface area (Å²) in [6.45, 7) is 0. The molecule has 0 saturated heterocycles.